The minimum atomic E-state index is -4.06. The van der Waals surface area contributed by atoms with Crippen molar-refractivity contribution < 1.29 is 22.5 Å². The molecule has 6 heteroatoms. The Morgan fingerprint density at radius 3 is 2.41 bits per heavy atom. The monoisotopic (exact) mass is 256 g/mol. The summed E-state index contributed by atoms with van der Waals surface area (Å²) in [6.07, 6.45) is 1.06. The predicted molar refractivity (Wildman–Crippen MR) is 61.0 cm³/mol. The normalized spacial score (nSPS) is 13.7. The molecule has 0 saturated carbocycles. The lowest BCUT2D eigenvalue weighted by atomic mass is 10.3. The fourth-order valence-corrected chi connectivity index (χ4v) is 2.13. The van der Waals surface area contributed by atoms with Crippen molar-refractivity contribution >= 4 is 16.1 Å². The number of rotatable bonds is 5. The molecule has 0 fully saturated rings. The van der Waals surface area contributed by atoms with Gasteiger partial charge in [-0.05, 0) is 25.1 Å². The first-order chi connectivity index (χ1) is 7.97. The van der Waals surface area contributed by atoms with E-state index < -0.39 is 22.2 Å². The van der Waals surface area contributed by atoms with Crippen molar-refractivity contribution in [2.75, 3.05) is 0 Å². The molecule has 0 spiro atoms. The molecule has 92 valence electrons. The summed E-state index contributed by atoms with van der Waals surface area (Å²) in [6, 6.07) is 7.39. The number of carboxylic acid groups (broad SMARTS) is 1. The smallest absolute Gasteiger partial charge is 0.338 e. The first-order valence-electron chi connectivity index (χ1n) is 4.81. The topological polar surface area (TPSA) is 80.7 Å². The standard InChI is InChI=1S/C11H12O5S/c1-2-6-10(11(12)13)16-17(14,15)9-7-4-3-5-8-9/h2-8,10H,1H3,(H,12,13). The molecule has 0 saturated heterocycles. The molecule has 0 amide bonds. The molecule has 0 aliphatic heterocycles. The van der Waals surface area contributed by atoms with Gasteiger partial charge in [0.1, 0.15) is 0 Å². The Morgan fingerprint density at radius 1 is 1.35 bits per heavy atom. The van der Waals surface area contributed by atoms with Gasteiger partial charge in [-0.15, -0.1) is 0 Å². The van der Waals surface area contributed by atoms with Crippen LogP contribution in [0, 0.1) is 0 Å². The van der Waals surface area contributed by atoms with Crippen LogP contribution in [0.25, 0.3) is 0 Å². The average Bonchev–Trinajstić information content (AvgIpc) is 2.29. The summed E-state index contributed by atoms with van der Waals surface area (Å²) in [6.45, 7) is 1.58. The molecule has 0 aromatic heterocycles. The predicted octanol–water partition coefficient (Wildman–Crippen LogP) is 1.42. The van der Waals surface area contributed by atoms with Gasteiger partial charge in [-0.3, -0.25) is 0 Å². The van der Waals surface area contributed by atoms with E-state index in [1.54, 1.807) is 13.0 Å². The van der Waals surface area contributed by atoms with Gasteiger partial charge in [-0.1, -0.05) is 24.3 Å². The second kappa shape index (κ2) is 5.60. The van der Waals surface area contributed by atoms with E-state index in [0.29, 0.717) is 0 Å². The number of benzene rings is 1. The van der Waals surface area contributed by atoms with Crippen LogP contribution in [0.2, 0.25) is 0 Å². The number of allylic oxidation sites excluding steroid dienone is 1. The van der Waals surface area contributed by atoms with Crippen LogP contribution >= 0.6 is 0 Å². The average molecular weight is 256 g/mol. The van der Waals surface area contributed by atoms with E-state index in [9.17, 15) is 13.2 Å². The minimum absolute atomic E-state index is 0.0734. The van der Waals surface area contributed by atoms with Gasteiger partial charge in [0.25, 0.3) is 10.1 Å². The highest BCUT2D eigenvalue weighted by Crippen LogP contribution is 2.14. The van der Waals surface area contributed by atoms with Crippen LogP contribution in [-0.2, 0) is 19.1 Å². The zero-order chi connectivity index (χ0) is 12.9. The van der Waals surface area contributed by atoms with Crippen molar-refractivity contribution in [3.63, 3.8) is 0 Å². The minimum Gasteiger partial charge on any atom is -0.479 e. The van der Waals surface area contributed by atoms with Crippen LogP contribution in [0.1, 0.15) is 6.92 Å². The summed E-state index contributed by atoms with van der Waals surface area (Å²) in [4.78, 5) is 10.7. The third-order valence-corrected chi connectivity index (χ3v) is 3.18. The Morgan fingerprint density at radius 2 is 1.94 bits per heavy atom. The van der Waals surface area contributed by atoms with E-state index in [1.165, 1.54) is 30.3 Å². The maximum absolute atomic E-state index is 11.7. The molecule has 1 aromatic rings. The van der Waals surface area contributed by atoms with Gasteiger partial charge in [0.2, 0.25) is 0 Å². The van der Waals surface area contributed by atoms with Crippen LogP contribution in [-0.4, -0.2) is 25.6 Å². The summed E-state index contributed by atoms with van der Waals surface area (Å²) in [5.41, 5.74) is 0. The number of hydrogen-bond donors (Lipinski definition) is 1. The van der Waals surface area contributed by atoms with E-state index >= 15 is 0 Å². The fourth-order valence-electron chi connectivity index (χ4n) is 1.11. The molecule has 0 heterocycles. The van der Waals surface area contributed by atoms with E-state index in [0.717, 1.165) is 6.08 Å². The molecule has 0 radical (unpaired) electrons. The molecule has 1 aromatic carbocycles. The molecule has 1 unspecified atom stereocenters. The Kier molecular flexibility index (Phi) is 4.42. The lowest BCUT2D eigenvalue weighted by Crippen LogP contribution is -2.25. The second-order valence-electron chi connectivity index (χ2n) is 3.15. The molecule has 1 N–H and O–H groups in total. The molecule has 17 heavy (non-hydrogen) atoms. The summed E-state index contributed by atoms with van der Waals surface area (Å²) in [5.74, 6) is -1.36. The zero-order valence-electron chi connectivity index (χ0n) is 9.11. The van der Waals surface area contributed by atoms with Gasteiger partial charge in [0.15, 0.2) is 6.10 Å². The molecular formula is C11H12O5S. The first-order valence-corrected chi connectivity index (χ1v) is 6.22. The van der Waals surface area contributed by atoms with Gasteiger partial charge in [-0.25, -0.2) is 8.98 Å². The highest BCUT2D eigenvalue weighted by Gasteiger charge is 2.24. The summed E-state index contributed by atoms with van der Waals surface area (Å²) in [7, 11) is -4.06. The third kappa shape index (κ3) is 3.69. The van der Waals surface area contributed by atoms with E-state index in [1.807, 2.05) is 0 Å². The van der Waals surface area contributed by atoms with Crippen LogP contribution in [0.3, 0.4) is 0 Å². The van der Waals surface area contributed by atoms with Crippen molar-refractivity contribution in [1.29, 1.82) is 0 Å². The second-order valence-corrected chi connectivity index (χ2v) is 4.72. The number of hydrogen-bond acceptors (Lipinski definition) is 4. The van der Waals surface area contributed by atoms with Crippen LogP contribution in [0.5, 0.6) is 0 Å². The van der Waals surface area contributed by atoms with Crippen molar-refractivity contribution in [3.05, 3.63) is 42.5 Å². The zero-order valence-corrected chi connectivity index (χ0v) is 9.92. The summed E-state index contributed by atoms with van der Waals surface area (Å²) < 4.78 is 28.0. The van der Waals surface area contributed by atoms with E-state index in [-0.39, 0.29) is 4.90 Å². The van der Waals surface area contributed by atoms with Gasteiger partial charge in [0.05, 0.1) is 4.90 Å². The molecule has 0 aliphatic rings. The Hall–Kier alpha value is -1.66. The highest BCUT2D eigenvalue weighted by molar-refractivity contribution is 7.86. The molecule has 1 atom stereocenters. The van der Waals surface area contributed by atoms with Gasteiger partial charge in [-0.2, -0.15) is 8.42 Å². The maximum Gasteiger partial charge on any atom is 0.338 e. The molecule has 0 bridgehead atoms. The van der Waals surface area contributed by atoms with E-state index in [4.69, 9.17) is 5.11 Å². The Balaban J connectivity index is 2.97. The molecule has 5 nitrogen and oxygen atoms in total. The maximum atomic E-state index is 11.7. The van der Waals surface area contributed by atoms with Crippen LogP contribution in [0.15, 0.2) is 47.4 Å². The number of carboxylic acids is 1. The summed E-state index contributed by atoms with van der Waals surface area (Å²) in [5, 5.41) is 8.77. The Labute approximate surface area is 99.5 Å². The third-order valence-electron chi connectivity index (χ3n) is 1.87. The summed E-state index contributed by atoms with van der Waals surface area (Å²) >= 11 is 0. The molecule has 0 aliphatic carbocycles. The fraction of sp³-hybridized carbons (Fsp3) is 0.182. The van der Waals surface area contributed by atoms with Crippen molar-refractivity contribution in [1.82, 2.24) is 0 Å². The van der Waals surface area contributed by atoms with Gasteiger partial charge in [0, 0.05) is 0 Å². The van der Waals surface area contributed by atoms with Crippen molar-refractivity contribution in [3.8, 4) is 0 Å². The van der Waals surface area contributed by atoms with Gasteiger partial charge < -0.3 is 5.11 Å². The Bertz CT molecular complexity index is 504. The van der Waals surface area contributed by atoms with Crippen LogP contribution in [0.4, 0.5) is 0 Å². The SMILES string of the molecule is CC=CC(OS(=O)(=O)c1ccccc1)C(=O)O. The van der Waals surface area contributed by atoms with Crippen molar-refractivity contribution in [2.24, 2.45) is 0 Å². The van der Waals surface area contributed by atoms with Gasteiger partial charge >= 0.3 is 5.97 Å². The number of aliphatic carboxylic acids is 1. The first kappa shape index (κ1) is 13.4. The highest BCUT2D eigenvalue weighted by atomic mass is 32.2. The molecule has 1 rings (SSSR count). The quantitative estimate of drug-likeness (QED) is 0.636. The largest absolute Gasteiger partial charge is 0.479 e. The lowest BCUT2D eigenvalue weighted by molar-refractivity contribution is -0.142. The molecular weight excluding hydrogens is 244 g/mol. The van der Waals surface area contributed by atoms with Crippen LogP contribution < -0.4 is 0 Å². The lowest BCUT2D eigenvalue weighted by Gasteiger charge is -2.09. The van der Waals surface area contributed by atoms with Crippen molar-refractivity contribution in [2.45, 2.75) is 17.9 Å². The number of carbonyl (C=O) groups is 1. The van der Waals surface area contributed by atoms with E-state index in [2.05, 4.69) is 4.18 Å².